The number of pyridine rings is 1. The molecule has 4 heterocycles. The van der Waals surface area contributed by atoms with Crippen LogP contribution in [0.1, 0.15) is 36.8 Å². The van der Waals surface area contributed by atoms with Crippen LogP contribution in [0, 0.1) is 11.6 Å². The largest absolute Gasteiger partial charge is 0.359 e. The fourth-order valence-corrected chi connectivity index (χ4v) is 6.06. The van der Waals surface area contributed by atoms with Crippen molar-refractivity contribution in [3.05, 3.63) is 77.5 Å². The van der Waals surface area contributed by atoms with Gasteiger partial charge < -0.3 is 20.0 Å². The maximum Gasteiger partial charge on any atom is 0.246 e. The summed E-state index contributed by atoms with van der Waals surface area (Å²) in [6.45, 7) is 4.02. The summed E-state index contributed by atoms with van der Waals surface area (Å²) in [5.74, 6) is -0.698. The van der Waals surface area contributed by atoms with Gasteiger partial charge in [0, 0.05) is 36.5 Å². The molecule has 0 radical (unpaired) electrons. The molecule has 3 aliphatic rings. The van der Waals surface area contributed by atoms with Crippen LogP contribution >= 0.6 is 0 Å². The lowest BCUT2D eigenvalue weighted by Gasteiger charge is -2.30. The van der Waals surface area contributed by atoms with Gasteiger partial charge in [0.2, 0.25) is 11.8 Å². The molecule has 0 spiro atoms. The van der Waals surface area contributed by atoms with Gasteiger partial charge in [-0.05, 0) is 74.2 Å². The minimum Gasteiger partial charge on any atom is -0.359 e. The number of rotatable bonds is 7. The van der Waals surface area contributed by atoms with Crippen LogP contribution in [0.2, 0.25) is 0 Å². The normalized spacial score (nSPS) is 19.1. The van der Waals surface area contributed by atoms with Crippen LogP contribution in [0.5, 0.6) is 0 Å². The summed E-state index contributed by atoms with van der Waals surface area (Å²) in [6.07, 6.45) is 6.73. The van der Waals surface area contributed by atoms with E-state index in [4.69, 9.17) is 0 Å². The van der Waals surface area contributed by atoms with Gasteiger partial charge in [0.1, 0.15) is 11.6 Å². The van der Waals surface area contributed by atoms with E-state index in [1.54, 1.807) is 6.20 Å². The molecule has 0 saturated carbocycles. The van der Waals surface area contributed by atoms with Crippen LogP contribution in [-0.2, 0) is 22.6 Å². The number of carbonyl (C=O) groups is 2. The molecule has 0 bridgehead atoms. The van der Waals surface area contributed by atoms with Crippen LogP contribution in [0.3, 0.4) is 0 Å². The van der Waals surface area contributed by atoms with Crippen molar-refractivity contribution < 1.29 is 18.4 Å². The number of nitrogens with one attached hydrogen (secondary N) is 1. The molecule has 0 unspecified atom stereocenters. The Labute approximate surface area is 232 Å². The van der Waals surface area contributed by atoms with E-state index in [9.17, 15) is 18.4 Å². The van der Waals surface area contributed by atoms with Crippen LogP contribution in [0.15, 0.2) is 54.7 Å². The summed E-state index contributed by atoms with van der Waals surface area (Å²) in [7, 11) is 0. The monoisotopic (exact) mass is 545 g/mol. The standard InChI is InChI=1S/C31H33F2N5O2/c32-25-9-10-27(33)24(15-25)19-38-28-16-23(17-34-31(28)35-18-30(38)40)22-7-5-21(6-8-22)14-29(39)37-13-3-4-26(37)20-36-11-1-2-12-36/h5-10,15-17,26H,1-4,11-14,18-20H2,(H,34,35)/t26-/m0/s1. The predicted octanol–water partition coefficient (Wildman–Crippen LogP) is 4.61. The Bertz CT molecular complexity index is 1410. The fourth-order valence-electron chi connectivity index (χ4n) is 6.06. The van der Waals surface area contributed by atoms with Crippen molar-refractivity contribution in [1.29, 1.82) is 0 Å². The number of likely N-dealkylation sites (tertiary alicyclic amines) is 2. The zero-order chi connectivity index (χ0) is 27.6. The van der Waals surface area contributed by atoms with Gasteiger partial charge in [0.15, 0.2) is 5.82 Å². The first-order valence-corrected chi connectivity index (χ1v) is 14.0. The van der Waals surface area contributed by atoms with Crippen molar-refractivity contribution >= 4 is 23.3 Å². The molecule has 6 rings (SSSR count). The number of hydrogen-bond donors (Lipinski definition) is 1. The first-order valence-electron chi connectivity index (χ1n) is 14.0. The predicted molar refractivity (Wildman–Crippen MR) is 150 cm³/mol. The minimum absolute atomic E-state index is 0.0227. The molecule has 208 valence electrons. The number of benzene rings is 2. The summed E-state index contributed by atoms with van der Waals surface area (Å²) in [6, 6.07) is 13.2. The number of aromatic nitrogens is 1. The molecule has 9 heteroatoms. The molecule has 1 atom stereocenters. The van der Waals surface area contributed by atoms with E-state index in [0.717, 1.165) is 73.9 Å². The molecule has 2 fully saturated rings. The van der Waals surface area contributed by atoms with Gasteiger partial charge in [-0.1, -0.05) is 24.3 Å². The first-order chi connectivity index (χ1) is 19.4. The van der Waals surface area contributed by atoms with Crippen LogP contribution in [0.4, 0.5) is 20.3 Å². The maximum absolute atomic E-state index is 14.3. The minimum atomic E-state index is -0.570. The third-order valence-electron chi connectivity index (χ3n) is 8.21. The second kappa shape index (κ2) is 11.3. The van der Waals surface area contributed by atoms with Crippen LogP contribution < -0.4 is 10.2 Å². The fraction of sp³-hybridized carbons (Fsp3) is 0.387. The van der Waals surface area contributed by atoms with E-state index in [1.165, 1.54) is 17.7 Å². The highest BCUT2D eigenvalue weighted by atomic mass is 19.1. The van der Waals surface area contributed by atoms with Gasteiger partial charge >= 0.3 is 0 Å². The molecule has 3 aromatic rings. The molecular weight excluding hydrogens is 512 g/mol. The molecule has 1 N–H and O–H groups in total. The second-order valence-electron chi connectivity index (χ2n) is 10.9. The van der Waals surface area contributed by atoms with Gasteiger partial charge in [0.05, 0.1) is 25.2 Å². The Morgan fingerprint density at radius 2 is 1.77 bits per heavy atom. The molecule has 0 aliphatic carbocycles. The number of amides is 2. The van der Waals surface area contributed by atoms with Crippen molar-refractivity contribution in [2.75, 3.05) is 42.9 Å². The molecule has 1 aromatic heterocycles. The molecule has 2 saturated heterocycles. The van der Waals surface area contributed by atoms with E-state index < -0.39 is 11.6 Å². The number of fused-ring (bicyclic) bond motifs is 1. The van der Waals surface area contributed by atoms with Gasteiger partial charge in [-0.2, -0.15) is 0 Å². The number of halogens is 2. The quantitative estimate of drug-likeness (QED) is 0.470. The average molecular weight is 546 g/mol. The SMILES string of the molecule is O=C1CNc2ncc(-c3ccc(CC(=O)N4CCC[C@H]4CN4CCCC4)cc3)cc2N1Cc1cc(F)ccc1F. The third-order valence-corrected chi connectivity index (χ3v) is 8.21. The van der Waals surface area contributed by atoms with Gasteiger partial charge in [-0.25, -0.2) is 13.8 Å². The lowest BCUT2D eigenvalue weighted by molar-refractivity contribution is -0.131. The Balaban J connectivity index is 1.16. The maximum atomic E-state index is 14.3. The van der Waals surface area contributed by atoms with E-state index in [0.29, 0.717) is 24.0 Å². The second-order valence-corrected chi connectivity index (χ2v) is 10.9. The lowest BCUT2D eigenvalue weighted by Crippen LogP contribution is -2.43. The van der Waals surface area contributed by atoms with Crippen molar-refractivity contribution in [3.63, 3.8) is 0 Å². The van der Waals surface area contributed by atoms with Gasteiger partial charge in [-0.3, -0.25) is 9.59 Å². The molecule has 40 heavy (non-hydrogen) atoms. The molecular formula is C31H33F2N5O2. The van der Waals surface area contributed by atoms with E-state index in [-0.39, 0.29) is 30.5 Å². The smallest absolute Gasteiger partial charge is 0.246 e. The van der Waals surface area contributed by atoms with Crippen LogP contribution in [0.25, 0.3) is 11.1 Å². The third kappa shape index (κ3) is 5.56. The van der Waals surface area contributed by atoms with Crippen molar-refractivity contribution in [2.24, 2.45) is 0 Å². The first kappa shape index (κ1) is 26.4. The number of nitrogens with zero attached hydrogens (tertiary/aromatic N) is 4. The molecule has 7 nitrogen and oxygen atoms in total. The molecule has 3 aliphatic heterocycles. The van der Waals surface area contributed by atoms with E-state index in [2.05, 4.69) is 20.1 Å². The Morgan fingerprint density at radius 1 is 0.975 bits per heavy atom. The zero-order valence-corrected chi connectivity index (χ0v) is 22.4. The summed E-state index contributed by atoms with van der Waals surface area (Å²) >= 11 is 0. The van der Waals surface area contributed by atoms with Crippen LogP contribution in [-0.4, -0.2) is 65.4 Å². The number of anilines is 2. The van der Waals surface area contributed by atoms with Gasteiger partial charge in [-0.15, -0.1) is 0 Å². The Morgan fingerprint density at radius 3 is 2.58 bits per heavy atom. The van der Waals surface area contributed by atoms with Gasteiger partial charge in [0.25, 0.3) is 0 Å². The Kier molecular flexibility index (Phi) is 7.47. The molecule has 2 aromatic carbocycles. The number of hydrogen-bond acceptors (Lipinski definition) is 5. The number of carbonyl (C=O) groups excluding carboxylic acids is 2. The summed E-state index contributed by atoms with van der Waals surface area (Å²) < 4.78 is 28.1. The highest BCUT2D eigenvalue weighted by Gasteiger charge is 2.31. The topological polar surface area (TPSA) is 68.8 Å². The van der Waals surface area contributed by atoms with E-state index in [1.807, 2.05) is 30.3 Å². The lowest BCUT2D eigenvalue weighted by atomic mass is 10.0. The summed E-state index contributed by atoms with van der Waals surface area (Å²) in [5, 5.41) is 3.00. The average Bonchev–Trinajstić information content (AvgIpc) is 3.65. The zero-order valence-electron chi connectivity index (χ0n) is 22.4. The van der Waals surface area contributed by atoms with Crippen molar-refractivity contribution in [2.45, 2.75) is 44.7 Å². The highest BCUT2D eigenvalue weighted by Crippen LogP contribution is 2.34. The summed E-state index contributed by atoms with van der Waals surface area (Å²) in [5.41, 5.74) is 3.22. The van der Waals surface area contributed by atoms with Crippen molar-refractivity contribution in [1.82, 2.24) is 14.8 Å². The highest BCUT2D eigenvalue weighted by molar-refractivity contribution is 6.02. The summed E-state index contributed by atoms with van der Waals surface area (Å²) in [4.78, 5) is 36.4. The molecule has 2 amide bonds. The van der Waals surface area contributed by atoms with Crippen molar-refractivity contribution in [3.8, 4) is 11.1 Å². The Hall–Kier alpha value is -3.85. The van der Waals surface area contributed by atoms with E-state index >= 15 is 0 Å².